The van der Waals surface area contributed by atoms with Gasteiger partial charge in [0.05, 0.1) is 0 Å². The second kappa shape index (κ2) is 5.93. The molecular formula is C8H14N4O. The van der Waals surface area contributed by atoms with Gasteiger partial charge in [0, 0.05) is 13.1 Å². The first kappa shape index (κ1) is 11.4. The third-order valence-corrected chi connectivity index (χ3v) is 1.18. The molecule has 0 radical (unpaired) electrons. The summed E-state index contributed by atoms with van der Waals surface area (Å²) >= 11 is 0. The molecule has 0 aliphatic carbocycles. The van der Waals surface area contributed by atoms with E-state index in [2.05, 4.69) is 15.3 Å². The van der Waals surface area contributed by atoms with E-state index < -0.39 is 5.91 Å². The summed E-state index contributed by atoms with van der Waals surface area (Å²) in [6.45, 7) is 4.00. The van der Waals surface area contributed by atoms with Crippen molar-refractivity contribution in [1.82, 2.24) is 9.97 Å². The van der Waals surface area contributed by atoms with E-state index in [0.29, 0.717) is 5.82 Å². The van der Waals surface area contributed by atoms with Gasteiger partial charge in [0.15, 0.2) is 0 Å². The summed E-state index contributed by atoms with van der Waals surface area (Å²) in [5.41, 5.74) is 5.19. The maximum absolute atomic E-state index is 10.6. The summed E-state index contributed by atoms with van der Waals surface area (Å²) in [4.78, 5) is 18.0. The highest BCUT2D eigenvalue weighted by Gasteiger charge is 2.01. The molecule has 1 heterocycles. The molecule has 0 spiro atoms. The van der Waals surface area contributed by atoms with Crippen LogP contribution in [0.3, 0.4) is 0 Å². The summed E-state index contributed by atoms with van der Waals surface area (Å²) in [7, 11) is 1.70. The van der Waals surface area contributed by atoms with Crippen molar-refractivity contribution in [3.05, 3.63) is 18.1 Å². The monoisotopic (exact) mass is 182 g/mol. The van der Waals surface area contributed by atoms with Gasteiger partial charge in [0.25, 0.3) is 5.91 Å². The number of aromatic nitrogens is 2. The average molecular weight is 182 g/mol. The number of carbonyl (C=O) groups is 1. The van der Waals surface area contributed by atoms with Crippen LogP contribution >= 0.6 is 0 Å². The molecule has 0 aliphatic rings. The lowest BCUT2D eigenvalue weighted by molar-refractivity contribution is 0.0995. The Morgan fingerprint density at radius 3 is 2.54 bits per heavy atom. The molecule has 1 aromatic rings. The maximum Gasteiger partial charge on any atom is 0.267 e. The Bertz CT molecular complexity index is 275. The highest BCUT2D eigenvalue weighted by Crippen LogP contribution is 2.00. The molecule has 0 aromatic carbocycles. The lowest BCUT2D eigenvalue weighted by Crippen LogP contribution is -2.13. The van der Waals surface area contributed by atoms with Crippen LogP contribution in [0.15, 0.2) is 12.4 Å². The molecule has 5 nitrogen and oxygen atoms in total. The van der Waals surface area contributed by atoms with Gasteiger partial charge >= 0.3 is 0 Å². The van der Waals surface area contributed by atoms with Gasteiger partial charge in [-0.1, -0.05) is 13.8 Å². The number of hydrogen-bond donors (Lipinski definition) is 2. The molecule has 72 valence electrons. The van der Waals surface area contributed by atoms with E-state index in [1.165, 1.54) is 12.4 Å². The fourth-order valence-electron chi connectivity index (χ4n) is 0.629. The van der Waals surface area contributed by atoms with Crippen molar-refractivity contribution in [1.29, 1.82) is 0 Å². The highest BCUT2D eigenvalue weighted by molar-refractivity contribution is 5.91. The number of nitrogens with zero attached hydrogens (tertiary/aromatic N) is 2. The van der Waals surface area contributed by atoms with Gasteiger partial charge in [-0.25, -0.2) is 9.97 Å². The smallest absolute Gasteiger partial charge is 0.267 e. The summed E-state index contributed by atoms with van der Waals surface area (Å²) < 4.78 is 0. The van der Waals surface area contributed by atoms with Crippen molar-refractivity contribution in [2.75, 3.05) is 12.4 Å². The van der Waals surface area contributed by atoms with E-state index in [0.717, 1.165) is 0 Å². The quantitative estimate of drug-likeness (QED) is 0.703. The van der Waals surface area contributed by atoms with Crippen LogP contribution in [-0.4, -0.2) is 22.9 Å². The van der Waals surface area contributed by atoms with Crippen LogP contribution in [0.1, 0.15) is 24.3 Å². The largest absolute Gasteiger partial charge is 0.373 e. The second-order valence-corrected chi connectivity index (χ2v) is 1.90. The normalized spacial score (nSPS) is 8.23. The second-order valence-electron chi connectivity index (χ2n) is 1.90. The first-order valence-corrected chi connectivity index (χ1v) is 4.03. The Labute approximate surface area is 77.4 Å². The van der Waals surface area contributed by atoms with E-state index in [9.17, 15) is 4.79 Å². The van der Waals surface area contributed by atoms with Crippen molar-refractivity contribution in [2.24, 2.45) is 5.73 Å². The van der Waals surface area contributed by atoms with Crippen molar-refractivity contribution in [2.45, 2.75) is 13.8 Å². The van der Waals surface area contributed by atoms with Crippen molar-refractivity contribution in [3.8, 4) is 0 Å². The van der Waals surface area contributed by atoms with Gasteiger partial charge in [0.1, 0.15) is 17.8 Å². The lowest BCUT2D eigenvalue weighted by Gasteiger charge is -1.97. The molecule has 0 unspecified atom stereocenters. The topological polar surface area (TPSA) is 80.9 Å². The standard InChI is InChI=1S/C6H8N4O.C2H6/c1-8-5-2-4(6(7)11)9-3-10-5;1-2/h2-3H,1H3,(H2,7,11)(H,8,9,10);1-2H3. The number of nitrogens with one attached hydrogen (secondary N) is 1. The van der Waals surface area contributed by atoms with Crippen LogP contribution in [0, 0.1) is 0 Å². The zero-order valence-electron chi connectivity index (χ0n) is 8.03. The van der Waals surface area contributed by atoms with E-state index in [4.69, 9.17) is 5.73 Å². The van der Waals surface area contributed by atoms with Crippen LogP contribution in [-0.2, 0) is 0 Å². The Morgan fingerprint density at radius 2 is 2.08 bits per heavy atom. The molecule has 0 aliphatic heterocycles. The summed E-state index contributed by atoms with van der Waals surface area (Å²) in [5, 5.41) is 2.76. The molecule has 0 atom stereocenters. The first-order chi connectivity index (χ1) is 6.24. The highest BCUT2D eigenvalue weighted by atomic mass is 16.1. The zero-order valence-corrected chi connectivity index (χ0v) is 8.03. The summed E-state index contributed by atoms with van der Waals surface area (Å²) in [6, 6.07) is 1.49. The van der Waals surface area contributed by atoms with E-state index in [1.807, 2.05) is 13.8 Å². The Kier molecular flexibility index (Phi) is 5.18. The predicted octanol–water partition coefficient (Wildman–Crippen LogP) is 0.643. The SMILES string of the molecule is CC.CNc1cc(C(N)=O)ncn1. The molecular weight excluding hydrogens is 168 g/mol. The van der Waals surface area contributed by atoms with Gasteiger partial charge in [0.2, 0.25) is 0 Å². The van der Waals surface area contributed by atoms with Crippen molar-refractivity contribution < 1.29 is 4.79 Å². The van der Waals surface area contributed by atoms with E-state index >= 15 is 0 Å². The zero-order chi connectivity index (χ0) is 10.3. The molecule has 0 saturated carbocycles. The Hall–Kier alpha value is -1.65. The number of primary amides is 1. The molecule has 1 amide bonds. The average Bonchev–Trinajstić information content (AvgIpc) is 2.21. The summed E-state index contributed by atoms with van der Waals surface area (Å²) in [5.74, 6) is 0.0256. The fourth-order valence-corrected chi connectivity index (χ4v) is 0.629. The molecule has 1 rings (SSSR count). The van der Waals surface area contributed by atoms with E-state index in [1.54, 1.807) is 7.05 Å². The van der Waals surface area contributed by atoms with Crippen molar-refractivity contribution in [3.63, 3.8) is 0 Å². The molecule has 13 heavy (non-hydrogen) atoms. The van der Waals surface area contributed by atoms with Crippen LogP contribution in [0.25, 0.3) is 0 Å². The van der Waals surface area contributed by atoms with Gasteiger partial charge in [-0.2, -0.15) is 0 Å². The molecule has 0 bridgehead atoms. The third-order valence-electron chi connectivity index (χ3n) is 1.18. The Balaban J connectivity index is 0.000000671. The number of nitrogens with two attached hydrogens (primary N) is 1. The fraction of sp³-hybridized carbons (Fsp3) is 0.375. The van der Waals surface area contributed by atoms with Gasteiger partial charge in [-0.05, 0) is 0 Å². The van der Waals surface area contributed by atoms with E-state index in [-0.39, 0.29) is 5.69 Å². The number of carbonyl (C=O) groups excluding carboxylic acids is 1. The molecule has 5 heteroatoms. The third kappa shape index (κ3) is 3.50. The Morgan fingerprint density at radius 1 is 1.46 bits per heavy atom. The van der Waals surface area contributed by atoms with Gasteiger partial charge in [-0.15, -0.1) is 0 Å². The number of amides is 1. The predicted molar refractivity (Wildman–Crippen MR) is 51.4 cm³/mol. The van der Waals surface area contributed by atoms with Crippen molar-refractivity contribution >= 4 is 11.7 Å². The number of anilines is 1. The van der Waals surface area contributed by atoms with Crippen LogP contribution in [0.4, 0.5) is 5.82 Å². The van der Waals surface area contributed by atoms with Gasteiger partial charge in [-0.3, -0.25) is 4.79 Å². The summed E-state index contributed by atoms with van der Waals surface area (Å²) in [6.07, 6.45) is 1.28. The molecule has 0 fully saturated rings. The number of rotatable bonds is 2. The minimum absolute atomic E-state index is 0.212. The first-order valence-electron chi connectivity index (χ1n) is 4.03. The maximum atomic E-state index is 10.6. The molecule has 0 saturated heterocycles. The molecule has 3 N–H and O–H groups in total. The molecule has 1 aromatic heterocycles. The van der Waals surface area contributed by atoms with Crippen LogP contribution < -0.4 is 11.1 Å². The van der Waals surface area contributed by atoms with Crippen LogP contribution in [0.5, 0.6) is 0 Å². The van der Waals surface area contributed by atoms with Crippen LogP contribution in [0.2, 0.25) is 0 Å². The van der Waals surface area contributed by atoms with Gasteiger partial charge < -0.3 is 11.1 Å². The lowest BCUT2D eigenvalue weighted by atomic mass is 10.4. The minimum Gasteiger partial charge on any atom is -0.373 e. The minimum atomic E-state index is -0.552. The number of hydrogen-bond acceptors (Lipinski definition) is 4.